The van der Waals surface area contributed by atoms with Crippen molar-refractivity contribution in [2.24, 2.45) is 5.73 Å². The third-order valence-electron chi connectivity index (χ3n) is 2.40. The first kappa shape index (κ1) is 15.0. The van der Waals surface area contributed by atoms with E-state index < -0.39 is 5.82 Å². The molecular formula is C12H14BrFN2OS. The number of halogens is 2. The summed E-state index contributed by atoms with van der Waals surface area (Å²) in [5.41, 5.74) is 5.71. The van der Waals surface area contributed by atoms with Gasteiger partial charge in [0.1, 0.15) is 5.82 Å². The predicted octanol–water partition coefficient (Wildman–Crippen LogP) is 2.77. The van der Waals surface area contributed by atoms with E-state index in [0.717, 1.165) is 0 Å². The minimum absolute atomic E-state index is 0.128. The van der Waals surface area contributed by atoms with Crippen molar-refractivity contribution in [2.45, 2.75) is 25.8 Å². The van der Waals surface area contributed by atoms with Crippen LogP contribution in [0.2, 0.25) is 0 Å². The summed E-state index contributed by atoms with van der Waals surface area (Å²) in [4.78, 5) is 12.3. The van der Waals surface area contributed by atoms with Gasteiger partial charge >= 0.3 is 0 Å². The van der Waals surface area contributed by atoms with E-state index in [1.807, 2.05) is 6.92 Å². The van der Waals surface area contributed by atoms with Crippen molar-refractivity contribution in [1.29, 1.82) is 0 Å². The van der Waals surface area contributed by atoms with Crippen molar-refractivity contribution in [3.63, 3.8) is 0 Å². The third-order valence-corrected chi connectivity index (χ3v) is 3.02. The van der Waals surface area contributed by atoms with Gasteiger partial charge in [0.25, 0.3) is 5.91 Å². The van der Waals surface area contributed by atoms with Gasteiger partial charge in [0.15, 0.2) is 0 Å². The van der Waals surface area contributed by atoms with Crippen LogP contribution in [0.1, 0.15) is 30.1 Å². The van der Waals surface area contributed by atoms with Gasteiger partial charge in [0.2, 0.25) is 0 Å². The van der Waals surface area contributed by atoms with Crippen molar-refractivity contribution >= 4 is 39.0 Å². The lowest BCUT2D eigenvalue weighted by atomic mass is 10.1. The molecule has 0 fully saturated rings. The lowest BCUT2D eigenvalue weighted by molar-refractivity contribution is 0.0936. The molecule has 0 aliphatic rings. The van der Waals surface area contributed by atoms with Crippen molar-refractivity contribution in [3.8, 4) is 0 Å². The number of nitrogens with one attached hydrogen (secondary N) is 1. The standard InChI is InChI=1S/C12H14BrFN2OS/c1-2-10(6-11(15)18)16-12(17)7-3-8(13)5-9(14)4-7/h3-5,10H,2,6H2,1H3,(H2,15,18)(H,16,17). The Bertz CT molecular complexity index is 447. The number of rotatable bonds is 5. The van der Waals surface area contributed by atoms with E-state index in [1.165, 1.54) is 12.1 Å². The molecule has 0 aliphatic heterocycles. The summed E-state index contributed by atoms with van der Waals surface area (Å²) in [7, 11) is 0. The van der Waals surface area contributed by atoms with E-state index in [2.05, 4.69) is 21.2 Å². The normalized spacial score (nSPS) is 11.9. The van der Waals surface area contributed by atoms with Gasteiger partial charge in [-0.2, -0.15) is 0 Å². The van der Waals surface area contributed by atoms with Crippen LogP contribution in [0.15, 0.2) is 22.7 Å². The summed E-state index contributed by atoms with van der Waals surface area (Å²) < 4.78 is 13.7. The highest BCUT2D eigenvalue weighted by molar-refractivity contribution is 9.10. The number of carbonyl (C=O) groups excluding carboxylic acids is 1. The molecule has 1 atom stereocenters. The average Bonchev–Trinajstić information content (AvgIpc) is 2.26. The van der Waals surface area contributed by atoms with E-state index in [-0.39, 0.29) is 17.5 Å². The van der Waals surface area contributed by atoms with Gasteiger partial charge in [-0.1, -0.05) is 35.1 Å². The Hall–Kier alpha value is -1.01. The zero-order valence-corrected chi connectivity index (χ0v) is 12.3. The molecule has 0 saturated heterocycles. The number of hydrogen-bond acceptors (Lipinski definition) is 2. The van der Waals surface area contributed by atoms with Crippen molar-refractivity contribution in [3.05, 3.63) is 34.1 Å². The van der Waals surface area contributed by atoms with E-state index in [0.29, 0.717) is 22.3 Å². The number of hydrogen-bond donors (Lipinski definition) is 2. The first-order valence-electron chi connectivity index (χ1n) is 5.47. The molecule has 3 nitrogen and oxygen atoms in total. The molecule has 6 heteroatoms. The highest BCUT2D eigenvalue weighted by Crippen LogP contribution is 2.15. The fraction of sp³-hybridized carbons (Fsp3) is 0.333. The van der Waals surface area contributed by atoms with E-state index in [1.54, 1.807) is 6.07 Å². The molecule has 0 bridgehead atoms. The second kappa shape index (κ2) is 6.80. The Balaban J connectivity index is 2.77. The molecule has 18 heavy (non-hydrogen) atoms. The predicted molar refractivity (Wildman–Crippen MR) is 77.0 cm³/mol. The fourth-order valence-electron chi connectivity index (χ4n) is 1.49. The highest BCUT2D eigenvalue weighted by Gasteiger charge is 2.14. The number of thiocarbonyl (C=S) groups is 1. The molecule has 0 spiro atoms. The third kappa shape index (κ3) is 4.70. The molecule has 1 aromatic rings. The lowest BCUT2D eigenvalue weighted by Crippen LogP contribution is -2.37. The van der Waals surface area contributed by atoms with Crippen LogP contribution in [-0.4, -0.2) is 16.9 Å². The molecule has 0 heterocycles. The summed E-state index contributed by atoms with van der Waals surface area (Å²) >= 11 is 7.95. The maximum atomic E-state index is 13.2. The Labute approximate surface area is 119 Å². The number of nitrogens with two attached hydrogens (primary N) is 1. The Morgan fingerprint density at radius 3 is 2.72 bits per heavy atom. The lowest BCUT2D eigenvalue weighted by Gasteiger charge is -2.16. The minimum Gasteiger partial charge on any atom is -0.393 e. The van der Waals surface area contributed by atoms with Gasteiger partial charge in [0, 0.05) is 22.5 Å². The van der Waals surface area contributed by atoms with Crippen LogP contribution >= 0.6 is 28.1 Å². The summed E-state index contributed by atoms with van der Waals surface area (Å²) in [6.07, 6.45) is 1.15. The number of amides is 1. The zero-order valence-electron chi connectivity index (χ0n) is 9.87. The van der Waals surface area contributed by atoms with Crippen LogP contribution in [0, 0.1) is 5.82 Å². The van der Waals surface area contributed by atoms with E-state index in [9.17, 15) is 9.18 Å². The van der Waals surface area contributed by atoms with Crippen LogP contribution in [0.25, 0.3) is 0 Å². The summed E-state index contributed by atoms with van der Waals surface area (Å²) in [5, 5.41) is 2.77. The van der Waals surface area contributed by atoms with Gasteiger partial charge in [-0.25, -0.2) is 4.39 Å². The molecule has 1 unspecified atom stereocenters. The molecule has 1 amide bonds. The molecule has 0 aromatic heterocycles. The van der Waals surface area contributed by atoms with Crippen molar-refractivity contribution < 1.29 is 9.18 Å². The van der Waals surface area contributed by atoms with Gasteiger partial charge in [0.05, 0.1) is 4.99 Å². The smallest absolute Gasteiger partial charge is 0.251 e. The largest absolute Gasteiger partial charge is 0.393 e. The Kier molecular flexibility index (Phi) is 5.68. The molecule has 98 valence electrons. The molecule has 0 saturated carbocycles. The second-order valence-corrected chi connectivity index (χ2v) is 5.35. The van der Waals surface area contributed by atoms with Crippen molar-refractivity contribution in [1.82, 2.24) is 5.32 Å². The highest BCUT2D eigenvalue weighted by atomic mass is 79.9. The van der Waals surface area contributed by atoms with E-state index >= 15 is 0 Å². The summed E-state index contributed by atoms with van der Waals surface area (Å²) in [5.74, 6) is -0.796. The van der Waals surface area contributed by atoms with E-state index in [4.69, 9.17) is 18.0 Å². The second-order valence-electron chi connectivity index (χ2n) is 3.91. The molecule has 1 aromatic carbocycles. The molecule has 1 rings (SSSR count). The van der Waals surface area contributed by atoms with Crippen LogP contribution in [0.4, 0.5) is 4.39 Å². The van der Waals surface area contributed by atoms with Gasteiger partial charge in [-0.15, -0.1) is 0 Å². The van der Waals surface area contributed by atoms with Crippen LogP contribution in [-0.2, 0) is 0 Å². The number of carbonyl (C=O) groups is 1. The maximum absolute atomic E-state index is 13.2. The fourth-order valence-corrected chi connectivity index (χ4v) is 2.16. The topological polar surface area (TPSA) is 55.1 Å². The quantitative estimate of drug-likeness (QED) is 0.815. The maximum Gasteiger partial charge on any atom is 0.251 e. The summed E-state index contributed by atoms with van der Waals surface area (Å²) in [6, 6.07) is 3.92. The molecule has 3 N–H and O–H groups in total. The first-order chi connectivity index (χ1) is 8.42. The van der Waals surface area contributed by atoms with Crippen LogP contribution in [0.5, 0.6) is 0 Å². The Morgan fingerprint density at radius 1 is 1.56 bits per heavy atom. The monoisotopic (exact) mass is 332 g/mol. The molecular weight excluding hydrogens is 319 g/mol. The van der Waals surface area contributed by atoms with Crippen LogP contribution in [0.3, 0.4) is 0 Å². The molecule has 0 aliphatic carbocycles. The zero-order chi connectivity index (χ0) is 13.7. The first-order valence-corrected chi connectivity index (χ1v) is 6.67. The minimum atomic E-state index is -0.461. The average molecular weight is 333 g/mol. The number of benzene rings is 1. The van der Waals surface area contributed by atoms with Crippen molar-refractivity contribution in [2.75, 3.05) is 0 Å². The van der Waals surface area contributed by atoms with Gasteiger partial charge in [-0.05, 0) is 24.6 Å². The Morgan fingerprint density at radius 2 is 2.22 bits per heavy atom. The SMILES string of the molecule is CCC(CC(N)=S)NC(=O)c1cc(F)cc(Br)c1. The summed E-state index contributed by atoms with van der Waals surface area (Å²) in [6.45, 7) is 1.92. The van der Waals surface area contributed by atoms with Gasteiger partial charge < -0.3 is 11.1 Å². The van der Waals surface area contributed by atoms with Gasteiger partial charge in [-0.3, -0.25) is 4.79 Å². The van der Waals surface area contributed by atoms with Crippen LogP contribution < -0.4 is 11.1 Å². The molecule has 0 radical (unpaired) electrons.